The maximum atomic E-state index is 12.1. The van der Waals surface area contributed by atoms with Crippen molar-refractivity contribution in [3.8, 4) is 0 Å². The van der Waals surface area contributed by atoms with Crippen LogP contribution in [0, 0.1) is 46.3 Å². The van der Waals surface area contributed by atoms with Crippen LogP contribution in [0.5, 0.6) is 0 Å². The van der Waals surface area contributed by atoms with E-state index in [-0.39, 0.29) is 41.4 Å². The Bertz CT molecular complexity index is 743. The molecular weight excluding hydrogens is 404 g/mol. The number of carbonyl (C=O) groups is 2. The topological polar surface area (TPSA) is 116 Å². The number of rotatable bonds is 5. The normalized spacial score (nSPS) is 48.8. The molecule has 0 aliphatic heterocycles. The highest BCUT2D eigenvalue weighted by atomic mass is 16.5. The van der Waals surface area contributed by atoms with E-state index in [2.05, 4.69) is 20.8 Å². The minimum Gasteiger partial charge on any atom is -0.481 e. The van der Waals surface area contributed by atoms with Crippen LogP contribution in [-0.2, 0) is 14.3 Å². The van der Waals surface area contributed by atoms with Crippen LogP contribution < -0.4 is 11.5 Å². The van der Waals surface area contributed by atoms with Gasteiger partial charge in [0.25, 0.3) is 0 Å². The molecule has 32 heavy (non-hydrogen) atoms. The Kier molecular flexibility index (Phi) is 6.43. The van der Waals surface area contributed by atoms with Crippen molar-refractivity contribution in [1.29, 1.82) is 0 Å². The second-order valence-electron chi connectivity index (χ2n) is 12.2. The molecule has 6 nitrogen and oxygen atoms in total. The molecule has 4 rings (SSSR count). The van der Waals surface area contributed by atoms with Gasteiger partial charge in [0.1, 0.15) is 6.10 Å². The van der Waals surface area contributed by atoms with Crippen molar-refractivity contribution in [3.63, 3.8) is 0 Å². The van der Waals surface area contributed by atoms with Crippen LogP contribution in [0.2, 0.25) is 0 Å². The molecule has 0 unspecified atom stereocenters. The average molecular weight is 449 g/mol. The number of esters is 1. The lowest BCUT2D eigenvalue weighted by molar-refractivity contribution is -0.193. The van der Waals surface area contributed by atoms with Crippen molar-refractivity contribution in [2.75, 3.05) is 0 Å². The zero-order valence-electron chi connectivity index (χ0n) is 20.4. The zero-order chi connectivity index (χ0) is 23.4. The second-order valence-corrected chi connectivity index (χ2v) is 12.2. The lowest BCUT2D eigenvalue weighted by Crippen LogP contribution is -2.64. The van der Waals surface area contributed by atoms with Crippen LogP contribution in [0.25, 0.3) is 0 Å². The van der Waals surface area contributed by atoms with E-state index < -0.39 is 5.97 Å². The first-order valence-corrected chi connectivity index (χ1v) is 12.9. The standard InChI is InChI=1S/C26H44N2O4/c1-14(5-8-23(30)31)18-6-7-19-24-20(13-22(28)26(18,19)4)25(3)10-9-17(27)11-16(25)12-21(24)32-15(2)29/h14,16-22,24H,5-13,27-28H2,1-4H3,(H,30,31)/t14-,16+,17-,18-,19+,20+,21-,22+,24+,25+,26-/m1/s1. The second kappa shape index (κ2) is 8.57. The molecule has 4 fully saturated rings. The molecule has 0 aromatic rings. The third-order valence-corrected chi connectivity index (χ3v) is 10.8. The number of carbonyl (C=O) groups excluding carboxylic acids is 1. The predicted octanol–water partition coefficient (Wildman–Crippen LogP) is 3.95. The van der Waals surface area contributed by atoms with E-state index in [1.54, 1.807) is 0 Å². The van der Waals surface area contributed by atoms with Gasteiger partial charge in [0.2, 0.25) is 0 Å². The van der Waals surface area contributed by atoms with Gasteiger partial charge in [-0.1, -0.05) is 20.8 Å². The van der Waals surface area contributed by atoms with Crippen molar-refractivity contribution in [2.45, 2.75) is 104 Å². The summed E-state index contributed by atoms with van der Waals surface area (Å²) in [7, 11) is 0. The summed E-state index contributed by atoms with van der Waals surface area (Å²) >= 11 is 0. The van der Waals surface area contributed by atoms with Crippen molar-refractivity contribution >= 4 is 11.9 Å². The number of carboxylic acid groups (broad SMARTS) is 1. The van der Waals surface area contributed by atoms with E-state index in [1.165, 1.54) is 6.92 Å². The lowest BCUT2D eigenvalue weighted by Gasteiger charge is -2.64. The fourth-order valence-corrected chi connectivity index (χ4v) is 9.14. The molecule has 11 atom stereocenters. The third-order valence-electron chi connectivity index (χ3n) is 10.8. The van der Waals surface area contributed by atoms with Gasteiger partial charge in [0.15, 0.2) is 0 Å². The summed E-state index contributed by atoms with van der Waals surface area (Å²) < 4.78 is 6.05. The van der Waals surface area contributed by atoms with Gasteiger partial charge in [-0.15, -0.1) is 0 Å². The fourth-order valence-electron chi connectivity index (χ4n) is 9.14. The van der Waals surface area contributed by atoms with Crippen molar-refractivity contribution < 1.29 is 19.4 Å². The lowest BCUT2D eigenvalue weighted by atomic mass is 9.42. The van der Waals surface area contributed by atoms with Gasteiger partial charge in [0.05, 0.1) is 0 Å². The summed E-state index contributed by atoms with van der Waals surface area (Å²) in [6.45, 7) is 8.57. The SMILES string of the molecule is CC(=O)O[C@@H]1C[C@@H]2C[C@H](N)CC[C@]2(C)[C@H]2C[C@H](N)[C@]3(C)[C@@H]([C@H](C)CCC(=O)O)CC[C@H]3[C@H]12. The predicted molar refractivity (Wildman–Crippen MR) is 124 cm³/mol. The maximum Gasteiger partial charge on any atom is 0.303 e. The molecule has 0 aromatic heterocycles. The van der Waals surface area contributed by atoms with Crippen LogP contribution >= 0.6 is 0 Å². The molecule has 0 heterocycles. The maximum absolute atomic E-state index is 12.1. The van der Waals surface area contributed by atoms with Gasteiger partial charge in [0, 0.05) is 31.3 Å². The number of ether oxygens (including phenoxy) is 1. The van der Waals surface area contributed by atoms with Crippen LogP contribution in [0.3, 0.4) is 0 Å². The smallest absolute Gasteiger partial charge is 0.303 e. The van der Waals surface area contributed by atoms with Gasteiger partial charge in [-0.05, 0) is 91.8 Å². The Morgan fingerprint density at radius 1 is 1.09 bits per heavy atom. The molecule has 0 radical (unpaired) electrons. The van der Waals surface area contributed by atoms with Crippen molar-refractivity contribution in [3.05, 3.63) is 0 Å². The number of carboxylic acids is 1. The van der Waals surface area contributed by atoms with Gasteiger partial charge in [-0.2, -0.15) is 0 Å². The number of aliphatic carboxylic acids is 1. The number of hydrogen-bond donors (Lipinski definition) is 3. The Morgan fingerprint density at radius 3 is 2.47 bits per heavy atom. The molecule has 0 spiro atoms. The van der Waals surface area contributed by atoms with Crippen molar-refractivity contribution in [2.24, 2.45) is 57.8 Å². The molecule has 0 amide bonds. The molecule has 4 aliphatic carbocycles. The number of nitrogens with two attached hydrogens (primary N) is 2. The molecule has 4 aliphatic rings. The van der Waals surface area contributed by atoms with Gasteiger partial charge in [-0.3, -0.25) is 9.59 Å². The Morgan fingerprint density at radius 2 is 1.81 bits per heavy atom. The van der Waals surface area contributed by atoms with Gasteiger partial charge >= 0.3 is 11.9 Å². The fraction of sp³-hybridized carbons (Fsp3) is 0.923. The highest BCUT2D eigenvalue weighted by Gasteiger charge is 2.65. The highest BCUT2D eigenvalue weighted by Crippen LogP contribution is 2.68. The molecular formula is C26H44N2O4. The molecule has 0 saturated heterocycles. The van der Waals surface area contributed by atoms with E-state index in [9.17, 15) is 14.7 Å². The van der Waals surface area contributed by atoms with E-state index in [0.717, 1.165) is 44.9 Å². The summed E-state index contributed by atoms with van der Waals surface area (Å²) in [4.78, 5) is 23.3. The largest absolute Gasteiger partial charge is 0.481 e. The van der Waals surface area contributed by atoms with Gasteiger partial charge in [-0.25, -0.2) is 0 Å². The summed E-state index contributed by atoms with van der Waals surface area (Å²) in [5.74, 6) is 1.56. The minimum atomic E-state index is -0.721. The van der Waals surface area contributed by atoms with E-state index in [1.807, 2.05) is 0 Å². The van der Waals surface area contributed by atoms with Crippen LogP contribution in [0.15, 0.2) is 0 Å². The molecule has 0 aromatic carbocycles. The van der Waals surface area contributed by atoms with Crippen LogP contribution in [0.4, 0.5) is 0 Å². The first-order chi connectivity index (χ1) is 15.0. The van der Waals surface area contributed by atoms with Crippen molar-refractivity contribution in [1.82, 2.24) is 0 Å². The van der Waals surface area contributed by atoms with Crippen LogP contribution in [0.1, 0.15) is 85.5 Å². The monoisotopic (exact) mass is 448 g/mol. The van der Waals surface area contributed by atoms with E-state index in [0.29, 0.717) is 41.9 Å². The van der Waals surface area contributed by atoms with E-state index in [4.69, 9.17) is 16.2 Å². The summed E-state index contributed by atoms with van der Waals surface area (Å²) in [5, 5.41) is 9.20. The third kappa shape index (κ3) is 3.79. The summed E-state index contributed by atoms with van der Waals surface area (Å²) in [6, 6.07) is 0.341. The molecule has 4 saturated carbocycles. The summed E-state index contributed by atoms with van der Waals surface area (Å²) in [5.41, 5.74) is 13.6. The number of fused-ring (bicyclic) bond motifs is 5. The minimum absolute atomic E-state index is 0.0360. The highest BCUT2D eigenvalue weighted by molar-refractivity contribution is 5.66. The summed E-state index contributed by atoms with van der Waals surface area (Å²) in [6.07, 6.45) is 8.19. The average Bonchev–Trinajstić information content (AvgIpc) is 3.06. The Hall–Kier alpha value is -1.14. The Balaban J connectivity index is 1.66. The molecule has 6 heteroatoms. The first kappa shape index (κ1) is 24.0. The van der Waals surface area contributed by atoms with Crippen LogP contribution in [-0.4, -0.2) is 35.2 Å². The van der Waals surface area contributed by atoms with Gasteiger partial charge < -0.3 is 21.3 Å². The molecule has 0 bridgehead atoms. The number of hydrogen-bond acceptors (Lipinski definition) is 5. The quantitative estimate of drug-likeness (QED) is 0.548. The zero-order valence-corrected chi connectivity index (χ0v) is 20.4. The first-order valence-electron chi connectivity index (χ1n) is 12.9. The molecule has 182 valence electrons. The van der Waals surface area contributed by atoms with E-state index >= 15 is 0 Å². The molecule has 5 N–H and O–H groups in total. The Labute approximate surface area is 193 Å².